The van der Waals surface area contributed by atoms with Crippen molar-refractivity contribution in [1.29, 1.82) is 0 Å². The van der Waals surface area contributed by atoms with Crippen LogP contribution >= 0.6 is 11.6 Å². The van der Waals surface area contributed by atoms with Gasteiger partial charge in [0.05, 0.1) is 23.1 Å². The van der Waals surface area contributed by atoms with Crippen LogP contribution in [-0.4, -0.2) is 15.7 Å². The summed E-state index contributed by atoms with van der Waals surface area (Å²) in [6, 6.07) is 14.0. The lowest BCUT2D eigenvalue weighted by molar-refractivity contribution is -0.117. The van der Waals surface area contributed by atoms with Crippen molar-refractivity contribution >= 4 is 23.2 Å². The van der Waals surface area contributed by atoms with E-state index in [1.54, 1.807) is 12.4 Å². The molecule has 138 valence electrons. The number of hydrogen-bond acceptors (Lipinski definition) is 3. The minimum absolute atomic E-state index is 0.00843. The van der Waals surface area contributed by atoms with E-state index in [4.69, 9.17) is 16.3 Å². The van der Waals surface area contributed by atoms with E-state index in [9.17, 15) is 9.18 Å². The van der Waals surface area contributed by atoms with E-state index in [1.165, 1.54) is 28.4 Å². The summed E-state index contributed by atoms with van der Waals surface area (Å²) in [6.07, 6.45) is 4.10. The third kappa shape index (κ3) is 4.11. The molecule has 0 bridgehead atoms. The van der Waals surface area contributed by atoms with Crippen LogP contribution in [-0.2, 0) is 11.5 Å². The number of carbonyl (C=O) groups excluding carboxylic acids is 1. The second-order valence-corrected chi connectivity index (χ2v) is 6.87. The maximum absolute atomic E-state index is 13.0. The molecule has 1 aliphatic carbocycles. The van der Waals surface area contributed by atoms with Crippen molar-refractivity contribution in [2.24, 2.45) is 5.92 Å². The Hall–Kier alpha value is -2.86. The summed E-state index contributed by atoms with van der Waals surface area (Å²) in [5.41, 5.74) is 1.80. The zero-order valence-corrected chi connectivity index (χ0v) is 15.1. The minimum Gasteiger partial charge on any atom is -0.470 e. The van der Waals surface area contributed by atoms with Gasteiger partial charge in [-0.15, -0.1) is 0 Å². The number of amides is 1. The predicted molar refractivity (Wildman–Crippen MR) is 100 cm³/mol. The van der Waals surface area contributed by atoms with Gasteiger partial charge in [-0.25, -0.2) is 9.07 Å². The molecule has 0 spiro atoms. The average molecular weight is 386 g/mol. The van der Waals surface area contributed by atoms with E-state index < -0.39 is 5.82 Å². The minimum atomic E-state index is -0.426. The van der Waals surface area contributed by atoms with Crippen LogP contribution in [0.2, 0.25) is 5.02 Å². The highest BCUT2D eigenvalue weighted by atomic mass is 35.5. The number of halogens is 2. The monoisotopic (exact) mass is 385 g/mol. The van der Waals surface area contributed by atoms with Gasteiger partial charge in [0.1, 0.15) is 11.6 Å². The van der Waals surface area contributed by atoms with Crippen LogP contribution in [0.15, 0.2) is 60.9 Å². The second-order valence-electron chi connectivity index (χ2n) is 6.47. The number of rotatable bonds is 6. The summed E-state index contributed by atoms with van der Waals surface area (Å²) in [5, 5.41) is 7.23. The summed E-state index contributed by atoms with van der Waals surface area (Å²) in [6.45, 7) is 0.0945. The Kier molecular flexibility index (Phi) is 4.81. The van der Waals surface area contributed by atoms with E-state index >= 15 is 0 Å². The van der Waals surface area contributed by atoms with Crippen molar-refractivity contribution in [1.82, 2.24) is 9.78 Å². The number of anilines is 1. The Morgan fingerprint density at radius 2 is 2.11 bits per heavy atom. The highest BCUT2D eigenvalue weighted by Crippen LogP contribution is 2.47. The Morgan fingerprint density at radius 3 is 2.89 bits per heavy atom. The van der Waals surface area contributed by atoms with Gasteiger partial charge in [-0.3, -0.25) is 4.79 Å². The zero-order chi connectivity index (χ0) is 18.8. The summed E-state index contributed by atoms with van der Waals surface area (Å²) < 4.78 is 20.1. The van der Waals surface area contributed by atoms with Gasteiger partial charge in [0.2, 0.25) is 5.91 Å². The topological polar surface area (TPSA) is 56.2 Å². The normalized spacial score (nSPS) is 18.1. The lowest BCUT2D eigenvalue weighted by Gasteiger charge is -2.07. The summed E-state index contributed by atoms with van der Waals surface area (Å²) in [7, 11) is 0. The van der Waals surface area contributed by atoms with Crippen LogP contribution in [0.3, 0.4) is 0 Å². The van der Waals surface area contributed by atoms with Crippen molar-refractivity contribution in [2.75, 3.05) is 5.32 Å². The van der Waals surface area contributed by atoms with E-state index in [1.807, 2.05) is 30.3 Å². The van der Waals surface area contributed by atoms with Crippen molar-refractivity contribution in [3.05, 3.63) is 77.3 Å². The van der Waals surface area contributed by atoms with Crippen molar-refractivity contribution in [3.63, 3.8) is 0 Å². The summed E-state index contributed by atoms with van der Waals surface area (Å²) in [4.78, 5) is 12.4. The zero-order valence-electron chi connectivity index (χ0n) is 14.3. The first-order chi connectivity index (χ1) is 13.1. The first-order valence-electron chi connectivity index (χ1n) is 8.56. The molecule has 27 heavy (non-hydrogen) atoms. The number of nitrogens with one attached hydrogen (secondary N) is 1. The molecule has 2 aromatic carbocycles. The molecule has 5 nitrogen and oxygen atoms in total. The largest absolute Gasteiger partial charge is 0.470 e. The number of carbonyl (C=O) groups is 1. The third-order valence-corrected chi connectivity index (χ3v) is 4.80. The van der Waals surface area contributed by atoms with Gasteiger partial charge in [0.25, 0.3) is 0 Å². The molecule has 0 aliphatic heterocycles. The van der Waals surface area contributed by atoms with Crippen LogP contribution in [0.1, 0.15) is 17.9 Å². The lowest BCUT2D eigenvalue weighted by Crippen LogP contribution is -2.14. The molecule has 2 atom stereocenters. The number of aromatic nitrogens is 2. The molecule has 7 heteroatoms. The van der Waals surface area contributed by atoms with Crippen molar-refractivity contribution in [2.45, 2.75) is 19.1 Å². The number of hydrogen-bond donors (Lipinski definition) is 1. The average Bonchev–Trinajstić information content (AvgIpc) is 3.36. The van der Waals surface area contributed by atoms with Crippen LogP contribution in [0, 0.1) is 11.7 Å². The van der Waals surface area contributed by atoms with Crippen LogP contribution in [0.5, 0.6) is 5.75 Å². The van der Waals surface area contributed by atoms with Crippen LogP contribution < -0.4 is 10.1 Å². The van der Waals surface area contributed by atoms with Gasteiger partial charge in [0, 0.05) is 5.92 Å². The van der Waals surface area contributed by atoms with E-state index in [2.05, 4.69) is 10.4 Å². The first kappa shape index (κ1) is 17.5. The quantitative estimate of drug-likeness (QED) is 0.681. The SMILES string of the molecule is O=C(Nc1cnn(COc2ccc(F)cc2Cl)c1)C1CC1c1ccccc1. The molecule has 1 aromatic heterocycles. The highest BCUT2D eigenvalue weighted by molar-refractivity contribution is 6.32. The van der Waals surface area contributed by atoms with Crippen molar-refractivity contribution < 1.29 is 13.9 Å². The third-order valence-electron chi connectivity index (χ3n) is 4.50. The fraction of sp³-hybridized carbons (Fsp3) is 0.200. The maximum Gasteiger partial charge on any atom is 0.228 e. The Bertz CT molecular complexity index is 961. The molecular formula is C20H17ClFN3O2. The molecule has 1 amide bonds. The second kappa shape index (κ2) is 7.40. The van der Waals surface area contributed by atoms with E-state index in [-0.39, 0.29) is 29.5 Å². The van der Waals surface area contributed by atoms with Gasteiger partial charge < -0.3 is 10.1 Å². The molecule has 4 rings (SSSR count). The number of benzene rings is 2. The summed E-state index contributed by atoms with van der Waals surface area (Å²) in [5.74, 6) is 0.203. The Morgan fingerprint density at radius 1 is 1.30 bits per heavy atom. The first-order valence-corrected chi connectivity index (χ1v) is 8.94. The Balaban J connectivity index is 1.31. The van der Waals surface area contributed by atoms with E-state index in [0.717, 1.165) is 6.42 Å². The standard InChI is InChI=1S/C20H17ClFN3O2/c21-18-8-14(22)6-7-19(18)27-12-25-11-15(10-23-25)24-20(26)17-9-16(17)13-4-2-1-3-5-13/h1-8,10-11,16-17H,9,12H2,(H,24,26). The molecule has 0 radical (unpaired) electrons. The fourth-order valence-corrected chi connectivity index (χ4v) is 3.24. The van der Waals surface area contributed by atoms with Crippen LogP contribution in [0.4, 0.5) is 10.1 Å². The molecule has 3 aromatic rings. The molecule has 1 N–H and O–H groups in total. The number of nitrogens with zero attached hydrogens (tertiary/aromatic N) is 2. The van der Waals surface area contributed by atoms with Gasteiger partial charge in [-0.2, -0.15) is 5.10 Å². The van der Waals surface area contributed by atoms with E-state index in [0.29, 0.717) is 11.4 Å². The van der Waals surface area contributed by atoms with Crippen LogP contribution in [0.25, 0.3) is 0 Å². The fourth-order valence-electron chi connectivity index (χ4n) is 3.02. The summed E-state index contributed by atoms with van der Waals surface area (Å²) >= 11 is 5.92. The maximum atomic E-state index is 13.0. The molecule has 1 saturated carbocycles. The molecule has 2 unspecified atom stereocenters. The molecule has 1 heterocycles. The van der Waals surface area contributed by atoms with Gasteiger partial charge >= 0.3 is 0 Å². The predicted octanol–water partition coefficient (Wildman–Crippen LogP) is 4.45. The number of ether oxygens (including phenoxy) is 1. The van der Waals surface area contributed by atoms with Gasteiger partial charge in [0.15, 0.2) is 6.73 Å². The smallest absolute Gasteiger partial charge is 0.228 e. The van der Waals surface area contributed by atoms with Gasteiger partial charge in [-0.1, -0.05) is 41.9 Å². The molecule has 1 fully saturated rings. The van der Waals surface area contributed by atoms with Crippen molar-refractivity contribution in [3.8, 4) is 5.75 Å². The van der Waals surface area contributed by atoms with Gasteiger partial charge in [-0.05, 0) is 36.1 Å². The highest BCUT2D eigenvalue weighted by Gasteiger charge is 2.43. The lowest BCUT2D eigenvalue weighted by atomic mass is 10.1. The molecular weight excluding hydrogens is 369 g/mol. The molecule has 0 saturated heterocycles. The Labute approximate surface area is 160 Å². The molecule has 1 aliphatic rings.